The van der Waals surface area contributed by atoms with Crippen LogP contribution >= 0.6 is 0 Å². The molecule has 0 heterocycles. The van der Waals surface area contributed by atoms with Crippen LogP contribution in [0.25, 0.3) is 21.5 Å². The molecule has 4 aromatic carbocycles. The summed E-state index contributed by atoms with van der Waals surface area (Å²) in [5, 5.41) is 8.49. The molecule has 0 radical (unpaired) electrons. The zero-order valence-electron chi connectivity index (χ0n) is 15.6. The van der Waals surface area contributed by atoms with Crippen LogP contribution in [-0.2, 0) is 11.2 Å². The molecule has 0 saturated heterocycles. The van der Waals surface area contributed by atoms with Crippen LogP contribution < -0.4 is 10.2 Å². The molecule has 0 aliphatic carbocycles. The van der Waals surface area contributed by atoms with Crippen LogP contribution in [0.2, 0.25) is 0 Å². The van der Waals surface area contributed by atoms with Gasteiger partial charge in [-0.25, -0.2) is 5.43 Å². The van der Waals surface area contributed by atoms with Crippen molar-refractivity contribution in [2.45, 2.75) is 6.42 Å². The molecule has 0 atom stereocenters. The summed E-state index contributed by atoms with van der Waals surface area (Å²) in [7, 11) is 1.63. The molecule has 0 aliphatic rings. The van der Waals surface area contributed by atoms with Gasteiger partial charge in [-0.3, -0.25) is 4.79 Å². The van der Waals surface area contributed by atoms with E-state index >= 15 is 0 Å². The van der Waals surface area contributed by atoms with Crippen molar-refractivity contribution in [1.29, 1.82) is 0 Å². The molecule has 0 bridgehead atoms. The van der Waals surface area contributed by atoms with Crippen molar-refractivity contribution in [1.82, 2.24) is 5.43 Å². The number of benzene rings is 4. The maximum absolute atomic E-state index is 12.4. The summed E-state index contributed by atoms with van der Waals surface area (Å²) >= 11 is 0. The summed E-state index contributed by atoms with van der Waals surface area (Å²) in [5.74, 6) is 0.553. The average Bonchev–Trinajstić information content (AvgIpc) is 2.74. The van der Waals surface area contributed by atoms with Gasteiger partial charge in [0.1, 0.15) is 5.75 Å². The lowest BCUT2D eigenvalue weighted by Gasteiger charge is -2.08. The first-order valence-electron chi connectivity index (χ1n) is 9.10. The predicted molar refractivity (Wildman–Crippen MR) is 114 cm³/mol. The molecule has 0 unspecified atom stereocenters. The molecular weight excluding hydrogens is 348 g/mol. The first-order chi connectivity index (χ1) is 13.8. The average molecular weight is 368 g/mol. The van der Waals surface area contributed by atoms with Crippen molar-refractivity contribution in [3.8, 4) is 5.75 Å². The van der Waals surface area contributed by atoms with Gasteiger partial charge in [0, 0.05) is 5.56 Å². The highest BCUT2D eigenvalue weighted by molar-refractivity contribution is 6.02. The number of hydrogen-bond donors (Lipinski definition) is 1. The molecule has 4 nitrogen and oxygen atoms in total. The molecule has 4 heteroatoms. The fourth-order valence-corrected chi connectivity index (χ4v) is 3.41. The fraction of sp³-hybridized carbons (Fsp3) is 0.0833. The Labute approximate surface area is 163 Å². The molecule has 4 aromatic rings. The lowest BCUT2D eigenvalue weighted by molar-refractivity contribution is -0.120. The van der Waals surface area contributed by atoms with Crippen LogP contribution in [-0.4, -0.2) is 19.2 Å². The van der Waals surface area contributed by atoms with Gasteiger partial charge >= 0.3 is 0 Å². The number of hydrazone groups is 1. The van der Waals surface area contributed by atoms with E-state index in [0.717, 1.165) is 32.7 Å². The number of hydrogen-bond acceptors (Lipinski definition) is 3. The number of carbonyl (C=O) groups excluding carboxylic acids is 1. The number of carbonyl (C=O) groups is 1. The first-order valence-corrected chi connectivity index (χ1v) is 9.10. The Morgan fingerprint density at radius 1 is 0.893 bits per heavy atom. The summed E-state index contributed by atoms with van der Waals surface area (Å²) in [4.78, 5) is 12.4. The summed E-state index contributed by atoms with van der Waals surface area (Å²) in [6.45, 7) is 0. The van der Waals surface area contributed by atoms with Gasteiger partial charge in [0.2, 0.25) is 5.91 Å². The SMILES string of the molecule is COc1ccc2ccccc2c1/C=N/NC(=O)Cc1cccc2ccccc12. The Kier molecular flexibility index (Phi) is 5.02. The van der Waals surface area contributed by atoms with Crippen molar-refractivity contribution in [2.24, 2.45) is 5.10 Å². The van der Waals surface area contributed by atoms with Crippen molar-refractivity contribution in [3.05, 3.63) is 90.0 Å². The van der Waals surface area contributed by atoms with Crippen LogP contribution in [0, 0.1) is 0 Å². The molecule has 28 heavy (non-hydrogen) atoms. The minimum atomic E-state index is -0.160. The van der Waals surface area contributed by atoms with Gasteiger partial charge < -0.3 is 4.74 Å². The number of nitrogens with zero attached hydrogens (tertiary/aromatic N) is 1. The summed E-state index contributed by atoms with van der Waals surface area (Å²) in [6.07, 6.45) is 1.91. The van der Waals surface area contributed by atoms with Gasteiger partial charge in [0.15, 0.2) is 0 Å². The number of nitrogens with one attached hydrogen (secondary N) is 1. The highest BCUT2D eigenvalue weighted by Gasteiger charge is 2.08. The van der Waals surface area contributed by atoms with Crippen LogP contribution in [0.1, 0.15) is 11.1 Å². The van der Waals surface area contributed by atoms with Crippen molar-refractivity contribution >= 4 is 33.7 Å². The molecular formula is C24H20N2O2. The van der Waals surface area contributed by atoms with E-state index in [1.54, 1.807) is 13.3 Å². The van der Waals surface area contributed by atoms with E-state index in [4.69, 9.17) is 4.74 Å². The van der Waals surface area contributed by atoms with Crippen LogP contribution in [0.5, 0.6) is 5.75 Å². The molecule has 0 fully saturated rings. The Morgan fingerprint density at radius 2 is 1.57 bits per heavy atom. The largest absolute Gasteiger partial charge is 0.496 e. The minimum Gasteiger partial charge on any atom is -0.496 e. The topological polar surface area (TPSA) is 50.7 Å². The lowest BCUT2D eigenvalue weighted by Crippen LogP contribution is -2.20. The highest BCUT2D eigenvalue weighted by Crippen LogP contribution is 2.26. The second-order valence-corrected chi connectivity index (χ2v) is 6.51. The molecule has 4 rings (SSSR count). The molecule has 1 amide bonds. The number of amides is 1. The van der Waals surface area contributed by atoms with E-state index in [2.05, 4.69) is 10.5 Å². The lowest BCUT2D eigenvalue weighted by atomic mass is 10.0. The third-order valence-electron chi connectivity index (χ3n) is 4.76. The van der Waals surface area contributed by atoms with E-state index in [-0.39, 0.29) is 12.3 Å². The van der Waals surface area contributed by atoms with Crippen molar-refractivity contribution < 1.29 is 9.53 Å². The molecule has 0 spiro atoms. The monoisotopic (exact) mass is 368 g/mol. The van der Waals surface area contributed by atoms with E-state index in [1.165, 1.54) is 0 Å². The highest BCUT2D eigenvalue weighted by atomic mass is 16.5. The van der Waals surface area contributed by atoms with Gasteiger partial charge in [-0.05, 0) is 33.2 Å². The predicted octanol–water partition coefficient (Wildman–Crippen LogP) is 4.69. The van der Waals surface area contributed by atoms with Gasteiger partial charge in [-0.2, -0.15) is 5.10 Å². The normalized spacial score (nSPS) is 11.2. The van der Waals surface area contributed by atoms with Gasteiger partial charge in [-0.15, -0.1) is 0 Å². The number of fused-ring (bicyclic) bond motifs is 2. The Bertz CT molecular complexity index is 1180. The van der Waals surface area contributed by atoms with Crippen molar-refractivity contribution in [2.75, 3.05) is 7.11 Å². The fourth-order valence-electron chi connectivity index (χ4n) is 3.41. The van der Waals surface area contributed by atoms with Crippen molar-refractivity contribution in [3.63, 3.8) is 0 Å². The minimum absolute atomic E-state index is 0.160. The second-order valence-electron chi connectivity index (χ2n) is 6.51. The van der Waals surface area contributed by atoms with E-state index < -0.39 is 0 Å². The Balaban J connectivity index is 1.54. The van der Waals surface area contributed by atoms with Crippen LogP contribution in [0.3, 0.4) is 0 Å². The van der Waals surface area contributed by atoms with Gasteiger partial charge in [0.25, 0.3) is 0 Å². The maximum Gasteiger partial charge on any atom is 0.244 e. The van der Waals surface area contributed by atoms with E-state index in [0.29, 0.717) is 5.75 Å². The van der Waals surface area contributed by atoms with Crippen LogP contribution in [0.4, 0.5) is 0 Å². The third kappa shape index (κ3) is 3.58. The molecule has 0 saturated carbocycles. The van der Waals surface area contributed by atoms with E-state index in [9.17, 15) is 4.79 Å². The second kappa shape index (κ2) is 7.92. The van der Waals surface area contributed by atoms with Gasteiger partial charge in [-0.1, -0.05) is 72.8 Å². The zero-order chi connectivity index (χ0) is 19.3. The molecule has 138 valence electrons. The third-order valence-corrected chi connectivity index (χ3v) is 4.76. The van der Waals surface area contributed by atoms with Crippen LogP contribution in [0.15, 0.2) is 84.0 Å². The van der Waals surface area contributed by atoms with E-state index in [1.807, 2.05) is 78.9 Å². The summed E-state index contributed by atoms with van der Waals surface area (Å²) < 4.78 is 5.45. The van der Waals surface area contributed by atoms with Gasteiger partial charge in [0.05, 0.1) is 19.7 Å². The summed E-state index contributed by atoms with van der Waals surface area (Å²) in [6, 6.07) is 25.9. The zero-order valence-corrected chi connectivity index (χ0v) is 15.6. The standard InChI is InChI=1S/C24H20N2O2/c1-28-23-14-13-18-8-3-5-12-21(18)22(23)16-25-26-24(27)15-19-10-6-9-17-7-2-4-11-20(17)19/h2-14,16H,15H2,1H3,(H,26,27)/b25-16+. The Morgan fingerprint density at radius 3 is 2.36 bits per heavy atom. The molecule has 1 N–H and O–H groups in total. The molecule has 0 aromatic heterocycles. The number of rotatable bonds is 5. The maximum atomic E-state index is 12.4. The summed E-state index contributed by atoms with van der Waals surface area (Å²) in [5.41, 5.74) is 4.45. The first kappa shape index (κ1) is 17.7. The number of methoxy groups -OCH3 is 1. The Hall–Kier alpha value is -3.66. The number of ether oxygens (including phenoxy) is 1. The quantitative estimate of drug-likeness (QED) is 0.410. The smallest absolute Gasteiger partial charge is 0.244 e. The molecule has 0 aliphatic heterocycles.